The molecule has 0 unspecified atom stereocenters. The number of esters is 2. The summed E-state index contributed by atoms with van der Waals surface area (Å²) in [6.45, 7) is 19.1. The van der Waals surface area contributed by atoms with Crippen LogP contribution in [0.3, 0.4) is 0 Å². The third kappa shape index (κ3) is 6.90. The highest BCUT2D eigenvalue weighted by molar-refractivity contribution is 5.77. The number of rotatable bonds is 8. The number of carbonyl (C=O) groups excluding carboxylic acids is 2. The number of hydrogen-bond acceptors (Lipinski definition) is 5. The molecule has 0 heterocycles. The third-order valence-corrected chi connectivity index (χ3v) is 3.78. The summed E-state index contributed by atoms with van der Waals surface area (Å²) < 4.78 is 10.4. The third-order valence-electron chi connectivity index (χ3n) is 3.78. The van der Waals surface area contributed by atoms with Crippen molar-refractivity contribution in [3.8, 4) is 0 Å². The fourth-order valence-electron chi connectivity index (χ4n) is 2.27. The van der Waals surface area contributed by atoms with E-state index >= 15 is 0 Å². The van der Waals surface area contributed by atoms with Gasteiger partial charge in [0.2, 0.25) is 0 Å². The monoisotopic (exact) mass is 329 g/mol. The summed E-state index contributed by atoms with van der Waals surface area (Å²) in [5.74, 6) is -0.439. The van der Waals surface area contributed by atoms with Crippen LogP contribution in [-0.4, -0.2) is 48.7 Å². The second kappa shape index (κ2) is 8.13. The Bertz CT molecular complexity index is 376. The first-order valence-corrected chi connectivity index (χ1v) is 8.37. The van der Waals surface area contributed by atoms with Gasteiger partial charge < -0.3 is 9.47 Å². The zero-order valence-electron chi connectivity index (χ0n) is 16.4. The smallest absolute Gasteiger partial charge is 0.312 e. The van der Waals surface area contributed by atoms with E-state index in [-0.39, 0.29) is 17.5 Å². The van der Waals surface area contributed by atoms with E-state index in [4.69, 9.17) is 9.47 Å². The molecule has 0 amide bonds. The molecule has 5 heteroatoms. The minimum atomic E-state index is -0.645. The summed E-state index contributed by atoms with van der Waals surface area (Å²) in [6, 6.07) is 0. The van der Waals surface area contributed by atoms with Gasteiger partial charge in [-0.3, -0.25) is 14.5 Å². The predicted molar refractivity (Wildman–Crippen MR) is 92.2 cm³/mol. The Balaban J connectivity index is 5.26. The molecule has 0 radical (unpaired) electrons. The van der Waals surface area contributed by atoms with Gasteiger partial charge >= 0.3 is 11.9 Å². The van der Waals surface area contributed by atoms with Gasteiger partial charge in [-0.2, -0.15) is 0 Å². The number of nitrogens with zero attached hydrogens (tertiary/aromatic N) is 1. The molecule has 0 atom stereocenters. The number of hydrogen-bond donors (Lipinski definition) is 0. The van der Waals surface area contributed by atoms with Crippen LogP contribution in [0, 0.1) is 10.8 Å². The molecule has 136 valence electrons. The Kier molecular flexibility index (Phi) is 7.74. The average molecular weight is 329 g/mol. The quantitative estimate of drug-likeness (QED) is 0.640. The maximum Gasteiger partial charge on any atom is 0.312 e. The molecule has 0 saturated heterocycles. The normalized spacial score (nSPS) is 13.1. The summed E-state index contributed by atoms with van der Waals surface area (Å²) >= 11 is 0. The van der Waals surface area contributed by atoms with Crippen molar-refractivity contribution in [2.75, 3.05) is 26.3 Å². The van der Waals surface area contributed by atoms with Crippen molar-refractivity contribution < 1.29 is 19.1 Å². The van der Waals surface area contributed by atoms with E-state index < -0.39 is 10.8 Å². The van der Waals surface area contributed by atoms with Gasteiger partial charge in [0.1, 0.15) is 0 Å². The lowest BCUT2D eigenvalue weighted by Crippen LogP contribution is -2.53. The second-order valence-electron chi connectivity index (χ2n) is 8.24. The number of ether oxygens (including phenoxy) is 2. The summed E-state index contributed by atoms with van der Waals surface area (Å²) in [6.07, 6.45) is 0. The Labute approximate surface area is 141 Å². The molecule has 0 aromatic carbocycles. The van der Waals surface area contributed by atoms with E-state index in [0.717, 1.165) is 0 Å². The SMILES string of the molecule is CCOC(=O)C(C)(C)CN(CC(C)(C)C(=O)OCC)C(C)(C)C. The predicted octanol–water partition coefficient (Wildman–Crippen LogP) is 3.27. The molecule has 0 aliphatic carbocycles. The van der Waals surface area contributed by atoms with E-state index in [9.17, 15) is 9.59 Å². The van der Waals surface area contributed by atoms with Crippen molar-refractivity contribution >= 4 is 11.9 Å². The molecule has 0 aliphatic rings. The van der Waals surface area contributed by atoms with Crippen LogP contribution >= 0.6 is 0 Å². The lowest BCUT2D eigenvalue weighted by Gasteiger charge is -2.43. The van der Waals surface area contributed by atoms with Crippen LogP contribution in [0.4, 0.5) is 0 Å². The van der Waals surface area contributed by atoms with E-state index in [2.05, 4.69) is 25.7 Å². The molecule has 0 spiro atoms. The maximum absolute atomic E-state index is 12.2. The van der Waals surface area contributed by atoms with Crippen LogP contribution in [0.2, 0.25) is 0 Å². The average Bonchev–Trinajstić information content (AvgIpc) is 2.36. The fourth-order valence-corrected chi connectivity index (χ4v) is 2.27. The zero-order chi connectivity index (χ0) is 18.5. The molecule has 0 aromatic heterocycles. The molecule has 5 nitrogen and oxygen atoms in total. The molecule has 23 heavy (non-hydrogen) atoms. The maximum atomic E-state index is 12.2. The highest BCUT2D eigenvalue weighted by Gasteiger charge is 2.40. The lowest BCUT2D eigenvalue weighted by molar-refractivity contribution is -0.158. The molecule has 0 N–H and O–H groups in total. The van der Waals surface area contributed by atoms with Crippen LogP contribution in [0.1, 0.15) is 62.3 Å². The molecular formula is C18H35NO4. The van der Waals surface area contributed by atoms with E-state index in [1.54, 1.807) is 13.8 Å². The van der Waals surface area contributed by atoms with Crippen molar-refractivity contribution in [3.05, 3.63) is 0 Å². The molecule has 0 saturated carbocycles. The van der Waals surface area contributed by atoms with Crippen LogP contribution in [0.15, 0.2) is 0 Å². The second-order valence-corrected chi connectivity index (χ2v) is 8.24. The first-order chi connectivity index (χ1) is 10.3. The first kappa shape index (κ1) is 21.9. The van der Waals surface area contributed by atoms with Crippen LogP contribution in [0.25, 0.3) is 0 Å². The summed E-state index contributed by atoms with van der Waals surface area (Å²) in [7, 11) is 0. The summed E-state index contributed by atoms with van der Waals surface area (Å²) in [5.41, 5.74) is -1.48. The fraction of sp³-hybridized carbons (Fsp3) is 0.889. The Hall–Kier alpha value is -1.10. The first-order valence-electron chi connectivity index (χ1n) is 8.37. The van der Waals surface area contributed by atoms with Crippen molar-refractivity contribution in [2.45, 2.75) is 67.9 Å². The van der Waals surface area contributed by atoms with Gasteiger partial charge in [-0.1, -0.05) is 0 Å². The van der Waals surface area contributed by atoms with Gasteiger partial charge in [0.25, 0.3) is 0 Å². The largest absolute Gasteiger partial charge is 0.466 e. The van der Waals surface area contributed by atoms with E-state index in [1.807, 2.05) is 27.7 Å². The molecule has 0 fully saturated rings. The van der Waals surface area contributed by atoms with Crippen LogP contribution in [0.5, 0.6) is 0 Å². The topological polar surface area (TPSA) is 55.8 Å². The van der Waals surface area contributed by atoms with Gasteiger partial charge in [-0.05, 0) is 62.3 Å². The Morgan fingerprint density at radius 3 is 1.26 bits per heavy atom. The Morgan fingerprint density at radius 2 is 1.04 bits per heavy atom. The van der Waals surface area contributed by atoms with Crippen molar-refractivity contribution in [1.29, 1.82) is 0 Å². The molecular weight excluding hydrogens is 294 g/mol. The molecule has 0 aliphatic heterocycles. The summed E-state index contributed by atoms with van der Waals surface area (Å²) in [4.78, 5) is 26.5. The Morgan fingerprint density at radius 1 is 0.739 bits per heavy atom. The molecule has 0 aromatic rings. The van der Waals surface area contributed by atoms with Crippen molar-refractivity contribution in [3.63, 3.8) is 0 Å². The lowest BCUT2D eigenvalue weighted by atomic mass is 9.86. The van der Waals surface area contributed by atoms with Gasteiger partial charge in [-0.25, -0.2) is 0 Å². The number of carbonyl (C=O) groups is 2. The minimum Gasteiger partial charge on any atom is -0.466 e. The van der Waals surface area contributed by atoms with Crippen molar-refractivity contribution in [2.24, 2.45) is 10.8 Å². The van der Waals surface area contributed by atoms with Gasteiger partial charge in [-0.15, -0.1) is 0 Å². The summed E-state index contributed by atoms with van der Waals surface area (Å²) in [5, 5.41) is 0. The zero-order valence-corrected chi connectivity index (χ0v) is 16.4. The molecule has 0 bridgehead atoms. The minimum absolute atomic E-state index is 0.187. The van der Waals surface area contributed by atoms with Gasteiger partial charge in [0, 0.05) is 18.6 Å². The van der Waals surface area contributed by atoms with E-state index in [1.165, 1.54) is 0 Å². The highest BCUT2D eigenvalue weighted by atomic mass is 16.5. The van der Waals surface area contributed by atoms with Crippen molar-refractivity contribution in [1.82, 2.24) is 4.90 Å². The highest BCUT2D eigenvalue weighted by Crippen LogP contribution is 2.29. The van der Waals surface area contributed by atoms with Gasteiger partial charge in [0.15, 0.2) is 0 Å². The van der Waals surface area contributed by atoms with Crippen LogP contribution < -0.4 is 0 Å². The standard InChI is InChI=1S/C18H35NO4/c1-10-22-14(20)17(6,7)12-19(16(3,4)5)13-18(8,9)15(21)23-11-2/h10-13H2,1-9H3. The van der Waals surface area contributed by atoms with Gasteiger partial charge in [0.05, 0.1) is 24.0 Å². The molecule has 0 rings (SSSR count). The van der Waals surface area contributed by atoms with Crippen LogP contribution in [-0.2, 0) is 19.1 Å². The van der Waals surface area contributed by atoms with E-state index in [0.29, 0.717) is 26.3 Å².